The van der Waals surface area contributed by atoms with E-state index in [0.29, 0.717) is 17.8 Å². The molecule has 3 aromatic rings. The topological polar surface area (TPSA) is 77.1 Å². The van der Waals surface area contributed by atoms with Crippen LogP contribution < -0.4 is 0 Å². The van der Waals surface area contributed by atoms with Crippen LogP contribution in [0.3, 0.4) is 0 Å². The first kappa shape index (κ1) is 15.5. The number of likely N-dealkylation sites (tertiary alicyclic amines) is 1. The molecule has 1 aromatic carbocycles. The molecule has 0 N–H and O–H groups in total. The van der Waals surface area contributed by atoms with Gasteiger partial charge in [-0.05, 0) is 38.2 Å². The van der Waals surface area contributed by atoms with Gasteiger partial charge >= 0.3 is 0 Å². The minimum atomic E-state index is 0.231. The Morgan fingerprint density at radius 1 is 1.15 bits per heavy atom. The van der Waals surface area contributed by atoms with Gasteiger partial charge in [-0.2, -0.15) is 10.1 Å². The molecule has 0 atom stereocenters. The van der Waals surface area contributed by atoms with Crippen molar-refractivity contribution in [2.45, 2.75) is 44.1 Å². The molecule has 1 saturated carbocycles. The Balaban J connectivity index is 1.38. The van der Waals surface area contributed by atoms with Crippen molar-refractivity contribution in [3.05, 3.63) is 30.3 Å². The van der Waals surface area contributed by atoms with Crippen LogP contribution in [0.1, 0.15) is 50.0 Å². The fourth-order valence-corrected chi connectivity index (χ4v) is 3.78. The van der Waals surface area contributed by atoms with Gasteiger partial charge in [0.2, 0.25) is 18.1 Å². The molecule has 3 heterocycles. The SMILES string of the molecule is O=CN1CCC(c2nc(-c3ccc4cn(C5CCC5)nc4c3)no2)CC1. The van der Waals surface area contributed by atoms with Gasteiger partial charge in [-0.1, -0.05) is 17.3 Å². The molecule has 1 amide bonds. The molecule has 0 unspecified atom stereocenters. The lowest BCUT2D eigenvalue weighted by Gasteiger charge is -2.26. The summed E-state index contributed by atoms with van der Waals surface area (Å²) < 4.78 is 7.61. The molecule has 2 aliphatic rings. The Hall–Kier alpha value is -2.70. The van der Waals surface area contributed by atoms with E-state index in [1.165, 1.54) is 19.3 Å². The van der Waals surface area contributed by atoms with E-state index in [-0.39, 0.29) is 5.92 Å². The largest absolute Gasteiger partial charge is 0.345 e. The molecular formula is C19H21N5O2. The minimum Gasteiger partial charge on any atom is -0.345 e. The molecule has 26 heavy (non-hydrogen) atoms. The van der Waals surface area contributed by atoms with Crippen LogP contribution in [-0.2, 0) is 4.79 Å². The molecule has 134 valence electrons. The first-order chi connectivity index (χ1) is 12.8. The number of carbonyl (C=O) groups is 1. The van der Waals surface area contributed by atoms with E-state index in [0.717, 1.165) is 48.8 Å². The number of aromatic nitrogens is 4. The van der Waals surface area contributed by atoms with Crippen molar-refractivity contribution in [2.75, 3.05) is 13.1 Å². The predicted molar refractivity (Wildman–Crippen MR) is 95.5 cm³/mol. The molecule has 1 saturated heterocycles. The number of carbonyl (C=O) groups excluding carboxylic acids is 1. The Morgan fingerprint density at radius 3 is 2.73 bits per heavy atom. The zero-order valence-corrected chi connectivity index (χ0v) is 14.5. The number of hydrogen-bond acceptors (Lipinski definition) is 5. The highest BCUT2D eigenvalue weighted by Gasteiger charge is 2.25. The van der Waals surface area contributed by atoms with Crippen LogP contribution in [0, 0.1) is 0 Å². The summed E-state index contributed by atoms with van der Waals surface area (Å²) in [5, 5.41) is 10.0. The Kier molecular flexibility index (Phi) is 3.72. The van der Waals surface area contributed by atoms with Gasteiger partial charge in [-0.15, -0.1) is 0 Å². The van der Waals surface area contributed by atoms with Crippen molar-refractivity contribution >= 4 is 17.3 Å². The monoisotopic (exact) mass is 351 g/mol. The number of rotatable bonds is 4. The standard InChI is InChI=1S/C19H21N5O2/c25-12-23-8-6-13(7-9-23)19-20-18(22-26-19)14-4-5-15-11-24(16-2-1-3-16)21-17(15)10-14/h4-5,10-13,16H,1-3,6-9H2. The van der Waals surface area contributed by atoms with Gasteiger partial charge < -0.3 is 9.42 Å². The predicted octanol–water partition coefficient (Wildman–Crippen LogP) is 3.15. The van der Waals surface area contributed by atoms with Gasteiger partial charge in [0.05, 0.1) is 11.6 Å². The summed E-state index contributed by atoms with van der Waals surface area (Å²) in [6.45, 7) is 1.49. The van der Waals surface area contributed by atoms with Gasteiger partial charge in [0, 0.05) is 36.2 Å². The maximum Gasteiger partial charge on any atom is 0.230 e. The van der Waals surface area contributed by atoms with Crippen molar-refractivity contribution in [3.63, 3.8) is 0 Å². The second-order valence-corrected chi connectivity index (χ2v) is 7.34. The molecule has 0 spiro atoms. The lowest BCUT2D eigenvalue weighted by molar-refractivity contribution is -0.119. The highest BCUT2D eigenvalue weighted by Crippen LogP contribution is 2.33. The summed E-state index contributed by atoms with van der Waals surface area (Å²) in [6, 6.07) is 6.69. The molecule has 5 rings (SSSR count). The summed E-state index contributed by atoms with van der Waals surface area (Å²) in [4.78, 5) is 17.2. The zero-order chi connectivity index (χ0) is 17.5. The summed E-state index contributed by atoms with van der Waals surface area (Å²) in [7, 11) is 0. The summed E-state index contributed by atoms with van der Waals surface area (Å²) >= 11 is 0. The van der Waals surface area contributed by atoms with Crippen molar-refractivity contribution in [1.82, 2.24) is 24.8 Å². The van der Waals surface area contributed by atoms with E-state index in [9.17, 15) is 4.79 Å². The van der Waals surface area contributed by atoms with Crippen molar-refractivity contribution in [1.29, 1.82) is 0 Å². The average Bonchev–Trinajstić information content (AvgIpc) is 3.26. The summed E-state index contributed by atoms with van der Waals surface area (Å²) in [5.41, 5.74) is 1.90. The van der Waals surface area contributed by atoms with E-state index in [4.69, 9.17) is 9.62 Å². The van der Waals surface area contributed by atoms with E-state index >= 15 is 0 Å². The Morgan fingerprint density at radius 2 is 2.00 bits per heavy atom. The van der Waals surface area contributed by atoms with Crippen molar-refractivity contribution in [2.24, 2.45) is 0 Å². The Bertz CT molecular complexity index is 934. The van der Waals surface area contributed by atoms with Gasteiger partial charge in [0.25, 0.3) is 0 Å². The molecule has 1 aliphatic carbocycles. The number of benzene rings is 1. The highest BCUT2D eigenvalue weighted by atomic mass is 16.5. The second-order valence-electron chi connectivity index (χ2n) is 7.34. The Labute approximate surface area is 151 Å². The highest BCUT2D eigenvalue weighted by molar-refractivity contribution is 5.82. The number of amides is 1. The molecular weight excluding hydrogens is 330 g/mol. The van der Waals surface area contributed by atoms with Gasteiger partial charge in [0.15, 0.2) is 0 Å². The molecule has 0 radical (unpaired) electrons. The lowest BCUT2D eigenvalue weighted by Crippen LogP contribution is -2.31. The number of nitrogens with zero attached hydrogens (tertiary/aromatic N) is 5. The van der Waals surface area contributed by atoms with Gasteiger partial charge in [-0.3, -0.25) is 9.48 Å². The number of piperidine rings is 1. The molecule has 0 bridgehead atoms. The number of hydrogen-bond donors (Lipinski definition) is 0. The third-order valence-corrected chi connectivity index (χ3v) is 5.70. The van der Waals surface area contributed by atoms with E-state index in [1.807, 2.05) is 12.1 Å². The molecule has 7 nitrogen and oxygen atoms in total. The first-order valence-corrected chi connectivity index (χ1v) is 9.32. The molecule has 2 fully saturated rings. The second kappa shape index (κ2) is 6.23. The average molecular weight is 351 g/mol. The molecule has 7 heteroatoms. The van der Waals surface area contributed by atoms with E-state index in [2.05, 4.69) is 27.1 Å². The van der Waals surface area contributed by atoms with Crippen LogP contribution in [0.25, 0.3) is 22.3 Å². The zero-order valence-electron chi connectivity index (χ0n) is 14.5. The fourth-order valence-electron chi connectivity index (χ4n) is 3.78. The van der Waals surface area contributed by atoms with Crippen molar-refractivity contribution in [3.8, 4) is 11.4 Å². The van der Waals surface area contributed by atoms with Crippen LogP contribution in [0.2, 0.25) is 0 Å². The number of fused-ring (bicyclic) bond motifs is 1. The first-order valence-electron chi connectivity index (χ1n) is 9.32. The third-order valence-electron chi connectivity index (χ3n) is 5.70. The maximum atomic E-state index is 10.8. The smallest absolute Gasteiger partial charge is 0.230 e. The quantitative estimate of drug-likeness (QED) is 0.675. The minimum absolute atomic E-state index is 0.231. The normalized spacial score (nSPS) is 19.0. The van der Waals surface area contributed by atoms with E-state index in [1.54, 1.807) is 4.90 Å². The fraction of sp³-hybridized carbons (Fsp3) is 0.474. The van der Waals surface area contributed by atoms with Crippen molar-refractivity contribution < 1.29 is 9.32 Å². The third kappa shape index (κ3) is 2.67. The lowest BCUT2D eigenvalue weighted by atomic mass is 9.93. The van der Waals surface area contributed by atoms with Gasteiger partial charge in [0.1, 0.15) is 0 Å². The molecule has 1 aliphatic heterocycles. The van der Waals surface area contributed by atoms with Crippen LogP contribution in [-0.4, -0.2) is 44.3 Å². The summed E-state index contributed by atoms with van der Waals surface area (Å²) in [6.07, 6.45) is 8.51. The van der Waals surface area contributed by atoms with Crippen LogP contribution in [0.15, 0.2) is 28.9 Å². The van der Waals surface area contributed by atoms with Crippen LogP contribution in [0.5, 0.6) is 0 Å². The maximum absolute atomic E-state index is 10.8. The van der Waals surface area contributed by atoms with E-state index < -0.39 is 0 Å². The van der Waals surface area contributed by atoms with Crippen LogP contribution in [0.4, 0.5) is 0 Å². The van der Waals surface area contributed by atoms with Crippen LogP contribution >= 0.6 is 0 Å². The van der Waals surface area contributed by atoms with Gasteiger partial charge in [-0.25, -0.2) is 0 Å². The molecule has 2 aromatic heterocycles. The summed E-state index contributed by atoms with van der Waals surface area (Å²) in [5.74, 6) is 1.51.